The van der Waals surface area contributed by atoms with Crippen LogP contribution in [0, 0.1) is 6.92 Å². The number of hydrogen-bond donors (Lipinski definition) is 2. The molecule has 0 saturated heterocycles. The molecule has 2 aliphatic rings. The molecule has 25 heavy (non-hydrogen) atoms. The lowest BCUT2D eigenvalue weighted by atomic mass is 9.96. The van der Waals surface area contributed by atoms with Crippen molar-refractivity contribution in [2.24, 2.45) is 0 Å². The number of nitrogens with one attached hydrogen (secondary N) is 2. The van der Waals surface area contributed by atoms with Crippen molar-refractivity contribution in [3.8, 4) is 0 Å². The number of nitrogens with zero attached hydrogens (tertiary/aromatic N) is 1. The number of fused-ring (bicyclic) bond motifs is 1. The van der Waals surface area contributed by atoms with E-state index in [1.807, 2.05) is 13.0 Å². The highest BCUT2D eigenvalue weighted by molar-refractivity contribution is 7.17. The van der Waals surface area contributed by atoms with E-state index < -0.39 is 0 Å². The molecule has 1 aromatic carbocycles. The zero-order chi connectivity index (χ0) is 17.2. The SMILES string of the molecule is Cc1nc(NC2CCCCC2)sc1C(=O)N[C@@H]1CCc2ccccc21. The maximum atomic E-state index is 12.8. The molecule has 0 bridgehead atoms. The number of anilines is 1. The van der Waals surface area contributed by atoms with E-state index in [0.29, 0.717) is 6.04 Å². The van der Waals surface area contributed by atoms with Gasteiger partial charge in [0.05, 0.1) is 11.7 Å². The van der Waals surface area contributed by atoms with Gasteiger partial charge in [0, 0.05) is 6.04 Å². The summed E-state index contributed by atoms with van der Waals surface area (Å²) in [5.74, 6) is 0.00778. The second-order valence-corrected chi connectivity index (χ2v) is 8.18. The minimum Gasteiger partial charge on any atom is -0.359 e. The highest BCUT2D eigenvalue weighted by Gasteiger charge is 2.26. The largest absolute Gasteiger partial charge is 0.359 e. The van der Waals surface area contributed by atoms with Crippen LogP contribution in [0.1, 0.15) is 71.1 Å². The molecular weight excluding hydrogens is 330 g/mol. The fourth-order valence-corrected chi connectivity index (χ4v) is 4.97. The number of thiazole rings is 1. The summed E-state index contributed by atoms with van der Waals surface area (Å²) < 4.78 is 0. The Kier molecular flexibility index (Phi) is 4.75. The predicted molar refractivity (Wildman–Crippen MR) is 102 cm³/mol. The lowest BCUT2D eigenvalue weighted by Crippen LogP contribution is -2.26. The summed E-state index contributed by atoms with van der Waals surface area (Å²) in [5, 5.41) is 7.64. The molecule has 5 heteroatoms. The molecule has 4 rings (SSSR count). The van der Waals surface area contributed by atoms with Crippen LogP contribution in [0.5, 0.6) is 0 Å². The molecule has 2 aromatic rings. The molecule has 0 spiro atoms. The Balaban J connectivity index is 1.44. The second kappa shape index (κ2) is 7.16. The van der Waals surface area contributed by atoms with Crippen molar-refractivity contribution in [1.82, 2.24) is 10.3 Å². The summed E-state index contributed by atoms with van der Waals surface area (Å²) >= 11 is 1.49. The van der Waals surface area contributed by atoms with Gasteiger partial charge in [-0.05, 0) is 43.7 Å². The molecular formula is C20H25N3OS. The number of hydrogen-bond acceptors (Lipinski definition) is 4. The Hall–Kier alpha value is -1.88. The Morgan fingerprint density at radius 3 is 2.80 bits per heavy atom. The molecule has 4 nitrogen and oxygen atoms in total. The number of benzene rings is 1. The van der Waals surface area contributed by atoms with Crippen molar-refractivity contribution in [1.29, 1.82) is 0 Å². The normalized spacial score (nSPS) is 20.3. The molecule has 1 saturated carbocycles. The van der Waals surface area contributed by atoms with Gasteiger partial charge >= 0.3 is 0 Å². The van der Waals surface area contributed by atoms with E-state index in [1.165, 1.54) is 54.6 Å². The molecule has 1 amide bonds. The maximum absolute atomic E-state index is 12.8. The van der Waals surface area contributed by atoms with Crippen LogP contribution >= 0.6 is 11.3 Å². The van der Waals surface area contributed by atoms with Crippen LogP contribution in [0.15, 0.2) is 24.3 Å². The molecule has 1 heterocycles. The smallest absolute Gasteiger partial charge is 0.263 e. The minimum absolute atomic E-state index is 0.00778. The van der Waals surface area contributed by atoms with E-state index in [2.05, 4.69) is 33.8 Å². The number of amides is 1. The van der Waals surface area contributed by atoms with Crippen LogP contribution in [-0.4, -0.2) is 16.9 Å². The summed E-state index contributed by atoms with van der Waals surface area (Å²) in [6.45, 7) is 1.93. The first-order valence-corrected chi connectivity index (χ1v) is 10.1. The van der Waals surface area contributed by atoms with Gasteiger partial charge in [0.25, 0.3) is 5.91 Å². The Morgan fingerprint density at radius 1 is 1.16 bits per heavy atom. The van der Waals surface area contributed by atoms with E-state index in [1.54, 1.807) is 0 Å². The second-order valence-electron chi connectivity index (χ2n) is 7.18. The van der Waals surface area contributed by atoms with Crippen LogP contribution in [0.3, 0.4) is 0 Å². The zero-order valence-electron chi connectivity index (χ0n) is 14.7. The van der Waals surface area contributed by atoms with Gasteiger partial charge in [-0.25, -0.2) is 4.98 Å². The van der Waals surface area contributed by atoms with Crippen molar-refractivity contribution in [2.45, 2.75) is 64.0 Å². The Labute approximate surface area is 153 Å². The van der Waals surface area contributed by atoms with Gasteiger partial charge < -0.3 is 10.6 Å². The number of aromatic nitrogens is 1. The molecule has 0 aliphatic heterocycles. The van der Waals surface area contributed by atoms with E-state index >= 15 is 0 Å². The Morgan fingerprint density at radius 2 is 1.96 bits per heavy atom. The summed E-state index contributed by atoms with van der Waals surface area (Å²) in [6.07, 6.45) is 8.35. The summed E-state index contributed by atoms with van der Waals surface area (Å²) in [4.78, 5) is 18.1. The highest BCUT2D eigenvalue weighted by Crippen LogP contribution is 2.32. The quantitative estimate of drug-likeness (QED) is 0.842. The van der Waals surface area contributed by atoms with Gasteiger partial charge in [0.15, 0.2) is 5.13 Å². The highest BCUT2D eigenvalue weighted by atomic mass is 32.1. The van der Waals surface area contributed by atoms with Crippen LogP contribution in [0.4, 0.5) is 5.13 Å². The topological polar surface area (TPSA) is 54.0 Å². The van der Waals surface area contributed by atoms with Gasteiger partial charge in [-0.1, -0.05) is 54.9 Å². The lowest BCUT2D eigenvalue weighted by Gasteiger charge is -2.22. The average Bonchev–Trinajstić information content (AvgIpc) is 3.20. The first kappa shape index (κ1) is 16.6. The standard InChI is InChI=1S/C20H25N3OS/c1-13-18(25-20(21-13)22-15-8-3-2-4-9-15)19(24)23-17-12-11-14-7-5-6-10-16(14)17/h5-7,10,15,17H,2-4,8-9,11-12H2,1H3,(H,21,22)(H,23,24)/t17-/m1/s1. The Bertz CT molecular complexity index is 764. The van der Waals surface area contributed by atoms with E-state index in [4.69, 9.17) is 0 Å². The van der Waals surface area contributed by atoms with Crippen LogP contribution in [0.25, 0.3) is 0 Å². The van der Waals surface area contributed by atoms with Crippen molar-refractivity contribution in [2.75, 3.05) is 5.32 Å². The van der Waals surface area contributed by atoms with Gasteiger partial charge in [0.2, 0.25) is 0 Å². The molecule has 2 aliphatic carbocycles. The van der Waals surface area contributed by atoms with Crippen LogP contribution in [0.2, 0.25) is 0 Å². The van der Waals surface area contributed by atoms with Gasteiger partial charge in [0.1, 0.15) is 4.88 Å². The molecule has 132 valence electrons. The summed E-state index contributed by atoms with van der Waals surface area (Å²) in [5.41, 5.74) is 3.44. The molecule has 1 atom stereocenters. The molecule has 1 aromatic heterocycles. The number of aryl methyl sites for hydroxylation is 2. The maximum Gasteiger partial charge on any atom is 0.263 e. The van der Waals surface area contributed by atoms with Crippen molar-refractivity contribution < 1.29 is 4.79 Å². The number of carbonyl (C=O) groups excluding carboxylic acids is 1. The molecule has 0 unspecified atom stereocenters. The molecule has 1 fully saturated rings. The average molecular weight is 356 g/mol. The van der Waals surface area contributed by atoms with Gasteiger partial charge in [-0.3, -0.25) is 4.79 Å². The fourth-order valence-electron chi connectivity index (χ4n) is 4.02. The van der Waals surface area contributed by atoms with Crippen molar-refractivity contribution in [3.63, 3.8) is 0 Å². The third kappa shape index (κ3) is 3.56. The number of rotatable bonds is 4. The van der Waals surface area contributed by atoms with E-state index in [9.17, 15) is 4.79 Å². The molecule has 2 N–H and O–H groups in total. The monoisotopic (exact) mass is 355 g/mol. The van der Waals surface area contributed by atoms with Gasteiger partial charge in [-0.2, -0.15) is 0 Å². The third-order valence-electron chi connectivity index (χ3n) is 5.37. The first-order chi connectivity index (χ1) is 12.2. The van der Waals surface area contributed by atoms with Gasteiger partial charge in [-0.15, -0.1) is 0 Å². The first-order valence-electron chi connectivity index (χ1n) is 9.33. The van der Waals surface area contributed by atoms with E-state index in [-0.39, 0.29) is 11.9 Å². The third-order valence-corrected chi connectivity index (χ3v) is 6.46. The molecule has 0 radical (unpaired) electrons. The van der Waals surface area contributed by atoms with E-state index in [0.717, 1.165) is 28.5 Å². The lowest BCUT2D eigenvalue weighted by molar-refractivity contribution is 0.0940. The summed E-state index contributed by atoms with van der Waals surface area (Å²) in [7, 11) is 0. The predicted octanol–water partition coefficient (Wildman–Crippen LogP) is 4.61. The zero-order valence-corrected chi connectivity index (χ0v) is 15.5. The van der Waals surface area contributed by atoms with Crippen molar-refractivity contribution in [3.05, 3.63) is 46.0 Å². The van der Waals surface area contributed by atoms with Crippen molar-refractivity contribution >= 4 is 22.4 Å². The van der Waals surface area contributed by atoms with Crippen LogP contribution < -0.4 is 10.6 Å². The summed E-state index contributed by atoms with van der Waals surface area (Å²) in [6, 6.07) is 9.04. The number of carbonyl (C=O) groups is 1. The fraction of sp³-hybridized carbons (Fsp3) is 0.500. The van der Waals surface area contributed by atoms with Crippen LogP contribution in [-0.2, 0) is 6.42 Å². The minimum atomic E-state index is 0.00778.